The van der Waals surface area contributed by atoms with Crippen LogP contribution in [0.3, 0.4) is 0 Å². The average molecular weight is 247 g/mol. The third kappa shape index (κ3) is 2.67. The molecule has 1 fully saturated rings. The van der Waals surface area contributed by atoms with Crippen LogP contribution in [0.4, 0.5) is 11.4 Å². The molecular weight excluding hydrogens is 230 g/mol. The second-order valence-electron chi connectivity index (χ2n) is 4.92. The number of benzene rings is 1. The molecular formula is C13H17N3S. The van der Waals surface area contributed by atoms with Crippen LogP contribution in [0.25, 0.3) is 0 Å². The molecule has 0 radical (unpaired) electrons. The number of hydrogen-bond donors (Lipinski definition) is 1. The van der Waals surface area contributed by atoms with Gasteiger partial charge in [0.15, 0.2) is 0 Å². The number of nitrogens with two attached hydrogens (primary N) is 1. The van der Waals surface area contributed by atoms with Crippen molar-refractivity contribution in [3.05, 3.63) is 23.8 Å². The third-order valence-electron chi connectivity index (χ3n) is 2.92. The van der Waals surface area contributed by atoms with Crippen LogP contribution in [0.2, 0.25) is 0 Å². The van der Waals surface area contributed by atoms with Crippen LogP contribution in [0.5, 0.6) is 0 Å². The first-order valence-corrected chi connectivity index (χ1v) is 6.69. The molecule has 0 aromatic heterocycles. The van der Waals surface area contributed by atoms with Crippen molar-refractivity contribution in [1.29, 1.82) is 5.26 Å². The van der Waals surface area contributed by atoms with E-state index in [1.165, 1.54) is 0 Å². The summed E-state index contributed by atoms with van der Waals surface area (Å²) in [4.78, 5) is 2.31. The molecule has 3 nitrogen and oxygen atoms in total. The van der Waals surface area contributed by atoms with Crippen molar-refractivity contribution in [3.63, 3.8) is 0 Å². The molecule has 4 heteroatoms. The first kappa shape index (κ1) is 12.1. The fourth-order valence-corrected chi connectivity index (χ4v) is 3.25. The molecule has 0 saturated carbocycles. The first-order chi connectivity index (χ1) is 8.02. The van der Waals surface area contributed by atoms with E-state index in [0.717, 1.165) is 24.5 Å². The highest BCUT2D eigenvalue weighted by molar-refractivity contribution is 8.00. The quantitative estimate of drug-likeness (QED) is 0.775. The lowest BCUT2D eigenvalue weighted by atomic mass is 10.1. The van der Waals surface area contributed by atoms with E-state index in [-0.39, 0.29) is 4.75 Å². The Hall–Kier alpha value is -1.34. The summed E-state index contributed by atoms with van der Waals surface area (Å²) in [6.45, 7) is 6.52. The van der Waals surface area contributed by atoms with Crippen molar-refractivity contribution in [2.45, 2.75) is 18.6 Å². The van der Waals surface area contributed by atoms with Crippen molar-refractivity contribution < 1.29 is 0 Å². The second-order valence-corrected chi connectivity index (χ2v) is 6.72. The van der Waals surface area contributed by atoms with Crippen LogP contribution in [-0.2, 0) is 0 Å². The van der Waals surface area contributed by atoms with Gasteiger partial charge in [-0.2, -0.15) is 17.0 Å². The molecule has 0 aliphatic carbocycles. The van der Waals surface area contributed by atoms with Crippen molar-refractivity contribution in [2.24, 2.45) is 0 Å². The Bertz CT molecular complexity index is 462. The Morgan fingerprint density at radius 2 is 2.24 bits per heavy atom. The minimum atomic E-state index is 0.262. The lowest BCUT2D eigenvalue weighted by Crippen LogP contribution is -2.43. The van der Waals surface area contributed by atoms with Crippen LogP contribution < -0.4 is 10.6 Å². The zero-order valence-corrected chi connectivity index (χ0v) is 11.0. The number of anilines is 2. The Kier molecular flexibility index (Phi) is 3.21. The summed E-state index contributed by atoms with van der Waals surface area (Å²) in [5.74, 6) is 1.12. The zero-order valence-electron chi connectivity index (χ0n) is 10.2. The van der Waals surface area contributed by atoms with E-state index in [9.17, 15) is 0 Å². The van der Waals surface area contributed by atoms with Gasteiger partial charge in [0, 0.05) is 23.6 Å². The van der Waals surface area contributed by atoms with Gasteiger partial charge in [-0.25, -0.2) is 0 Å². The monoisotopic (exact) mass is 247 g/mol. The fourth-order valence-electron chi connectivity index (χ4n) is 2.13. The second kappa shape index (κ2) is 4.50. The maximum atomic E-state index is 8.82. The molecule has 2 rings (SSSR count). The van der Waals surface area contributed by atoms with Crippen molar-refractivity contribution in [3.8, 4) is 6.07 Å². The predicted octanol–water partition coefficient (Wildman–Crippen LogP) is 2.47. The maximum absolute atomic E-state index is 8.82. The summed E-state index contributed by atoms with van der Waals surface area (Å²) in [6, 6.07) is 7.66. The minimum Gasteiger partial charge on any atom is -0.397 e. The van der Waals surface area contributed by atoms with Gasteiger partial charge >= 0.3 is 0 Å². The third-order valence-corrected chi connectivity index (χ3v) is 4.22. The summed E-state index contributed by atoms with van der Waals surface area (Å²) >= 11 is 2.00. The highest BCUT2D eigenvalue weighted by Crippen LogP contribution is 2.34. The molecule has 1 heterocycles. The number of rotatable bonds is 1. The smallest absolute Gasteiger partial charge is 0.0992 e. The van der Waals surface area contributed by atoms with E-state index in [1.807, 2.05) is 23.9 Å². The average Bonchev–Trinajstić information content (AvgIpc) is 2.27. The lowest BCUT2D eigenvalue weighted by Gasteiger charge is -2.39. The van der Waals surface area contributed by atoms with Gasteiger partial charge in [0.25, 0.3) is 0 Å². The number of thioether (sulfide) groups is 1. The maximum Gasteiger partial charge on any atom is 0.0992 e. The summed E-state index contributed by atoms with van der Waals surface area (Å²) < 4.78 is 0.262. The standard InChI is InChI=1S/C13H17N3S/c1-13(2)9-16(5-6-17-13)12-4-3-10(8-14)7-11(12)15/h3-4,7H,5-6,9,15H2,1-2H3. The molecule has 1 aliphatic rings. The summed E-state index contributed by atoms with van der Waals surface area (Å²) in [6.07, 6.45) is 0. The van der Waals surface area contributed by atoms with Crippen molar-refractivity contribution >= 4 is 23.1 Å². The SMILES string of the molecule is CC1(C)CN(c2ccc(C#N)cc2N)CCS1. The van der Waals surface area contributed by atoms with E-state index < -0.39 is 0 Å². The molecule has 1 aliphatic heterocycles. The van der Waals surface area contributed by atoms with Gasteiger partial charge in [0.1, 0.15) is 0 Å². The number of nitrogen functional groups attached to an aromatic ring is 1. The Labute approximate surface area is 107 Å². The number of nitrogens with zero attached hydrogens (tertiary/aromatic N) is 2. The Morgan fingerprint density at radius 1 is 1.47 bits per heavy atom. The Morgan fingerprint density at radius 3 is 2.82 bits per heavy atom. The predicted molar refractivity (Wildman–Crippen MR) is 74.3 cm³/mol. The largest absolute Gasteiger partial charge is 0.397 e. The molecule has 0 spiro atoms. The molecule has 1 aromatic rings. The minimum absolute atomic E-state index is 0.262. The van der Waals surface area contributed by atoms with Crippen molar-refractivity contribution in [1.82, 2.24) is 0 Å². The Balaban J connectivity index is 2.26. The summed E-state index contributed by atoms with van der Waals surface area (Å²) in [5, 5.41) is 8.82. The van der Waals surface area contributed by atoms with Gasteiger partial charge in [-0.3, -0.25) is 0 Å². The molecule has 1 aromatic carbocycles. The van der Waals surface area contributed by atoms with Crippen molar-refractivity contribution in [2.75, 3.05) is 29.5 Å². The molecule has 2 N–H and O–H groups in total. The summed E-state index contributed by atoms with van der Waals surface area (Å²) in [7, 11) is 0. The number of hydrogen-bond acceptors (Lipinski definition) is 4. The number of nitriles is 1. The molecule has 0 unspecified atom stereocenters. The van der Waals surface area contributed by atoms with Gasteiger partial charge in [-0.15, -0.1) is 0 Å². The van der Waals surface area contributed by atoms with Gasteiger partial charge in [0.2, 0.25) is 0 Å². The van der Waals surface area contributed by atoms with E-state index in [1.54, 1.807) is 6.07 Å². The van der Waals surface area contributed by atoms with Crippen LogP contribution in [0, 0.1) is 11.3 Å². The van der Waals surface area contributed by atoms with Gasteiger partial charge in [0.05, 0.1) is 23.0 Å². The van der Waals surface area contributed by atoms with Crippen LogP contribution in [-0.4, -0.2) is 23.6 Å². The van der Waals surface area contributed by atoms with E-state index in [0.29, 0.717) is 11.3 Å². The highest BCUT2D eigenvalue weighted by atomic mass is 32.2. The van der Waals surface area contributed by atoms with Gasteiger partial charge in [-0.05, 0) is 32.0 Å². The molecule has 17 heavy (non-hydrogen) atoms. The van der Waals surface area contributed by atoms with Gasteiger partial charge in [-0.1, -0.05) is 0 Å². The summed E-state index contributed by atoms with van der Waals surface area (Å²) in [5.41, 5.74) is 8.39. The first-order valence-electron chi connectivity index (χ1n) is 5.70. The topological polar surface area (TPSA) is 53.0 Å². The molecule has 0 atom stereocenters. The van der Waals surface area contributed by atoms with Crippen LogP contribution in [0.1, 0.15) is 19.4 Å². The van der Waals surface area contributed by atoms with E-state index in [4.69, 9.17) is 11.0 Å². The van der Waals surface area contributed by atoms with Crippen LogP contribution >= 0.6 is 11.8 Å². The lowest BCUT2D eigenvalue weighted by molar-refractivity contribution is 0.648. The van der Waals surface area contributed by atoms with E-state index >= 15 is 0 Å². The molecule has 0 amide bonds. The normalized spacial score (nSPS) is 18.8. The highest BCUT2D eigenvalue weighted by Gasteiger charge is 2.27. The fraction of sp³-hybridized carbons (Fsp3) is 0.462. The molecule has 90 valence electrons. The van der Waals surface area contributed by atoms with E-state index in [2.05, 4.69) is 24.8 Å². The molecule has 1 saturated heterocycles. The van der Waals surface area contributed by atoms with Crippen LogP contribution in [0.15, 0.2) is 18.2 Å². The zero-order chi connectivity index (χ0) is 12.5. The van der Waals surface area contributed by atoms with Gasteiger partial charge < -0.3 is 10.6 Å². The molecule has 0 bridgehead atoms.